The van der Waals surface area contributed by atoms with Gasteiger partial charge in [-0.2, -0.15) is 5.10 Å². The molecule has 0 aliphatic carbocycles. The maximum atomic E-state index is 12.3. The molecule has 0 saturated heterocycles. The highest BCUT2D eigenvalue weighted by atomic mass is 32.1. The zero-order chi connectivity index (χ0) is 17.1. The number of carbonyl (C=O) groups is 1. The summed E-state index contributed by atoms with van der Waals surface area (Å²) in [5.41, 5.74) is 5.16. The van der Waals surface area contributed by atoms with Gasteiger partial charge < -0.3 is 5.32 Å². The molecule has 1 N–H and O–H groups in total. The first-order valence-electron chi connectivity index (χ1n) is 7.96. The third-order valence-electron chi connectivity index (χ3n) is 4.19. The summed E-state index contributed by atoms with van der Waals surface area (Å²) >= 11 is 1.67. The summed E-state index contributed by atoms with van der Waals surface area (Å²) in [4.78, 5) is 13.5. The first kappa shape index (κ1) is 16.5. The normalized spacial score (nSPS) is 10.8. The fourth-order valence-electron chi connectivity index (χ4n) is 2.74. The van der Waals surface area contributed by atoms with Crippen LogP contribution in [0, 0.1) is 20.8 Å². The molecular weight excluding hydrogens is 318 g/mol. The molecule has 3 aromatic rings. The van der Waals surface area contributed by atoms with Crippen LogP contribution >= 0.6 is 11.3 Å². The van der Waals surface area contributed by atoms with Crippen molar-refractivity contribution in [3.8, 4) is 5.69 Å². The third kappa shape index (κ3) is 3.41. The van der Waals surface area contributed by atoms with E-state index in [2.05, 4.69) is 28.8 Å². The van der Waals surface area contributed by atoms with Crippen molar-refractivity contribution in [3.63, 3.8) is 0 Å². The van der Waals surface area contributed by atoms with Crippen molar-refractivity contribution in [1.29, 1.82) is 0 Å². The second-order valence-corrected chi connectivity index (χ2v) is 6.88. The number of hydrogen-bond donors (Lipinski definition) is 1. The molecule has 0 atom stereocenters. The van der Waals surface area contributed by atoms with E-state index >= 15 is 0 Å². The highest BCUT2D eigenvalue weighted by Gasteiger charge is 2.16. The molecule has 24 heavy (non-hydrogen) atoms. The number of para-hydroxylation sites is 1. The van der Waals surface area contributed by atoms with E-state index in [0.717, 1.165) is 22.6 Å². The molecule has 5 heteroatoms. The molecule has 0 saturated carbocycles. The Morgan fingerprint density at radius 3 is 2.58 bits per heavy atom. The number of nitrogens with zero attached hydrogens (tertiary/aromatic N) is 2. The summed E-state index contributed by atoms with van der Waals surface area (Å²) in [7, 11) is 0. The summed E-state index contributed by atoms with van der Waals surface area (Å²) in [6.45, 7) is 6.63. The summed E-state index contributed by atoms with van der Waals surface area (Å²) in [5.74, 6) is 0.0293. The van der Waals surface area contributed by atoms with Crippen LogP contribution in [0.5, 0.6) is 0 Å². The fraction of sp³-hybridized carbons (Fsp3) is 0.263. The van der Waals surface area contributed by atoms with Crippen LogP contribution in [0.4, 0.5) is 0 Å². The van der Waals surface area contributed by atoms with Crippen molar-refractivity contribution in [2.75, 3.05) is 0 Å². The van der Waals surface area contributed by atoms with E-state index in [-0.39, 0.29) is 5.91 Å². The van der Waals surface area contributed by atoms with E-state index in [1.807, 2.05) is 48.9 Å². The van der Waals surface area contributed by atoms with Gasteiger partial charge in [-0.25, -0.2) is 4.68 Å². The summed E-state index contributed by atoms with van der Waals surface area (Å²) in [6, 6.07) is 12.1. The lowest BCUT2D eigenvalue weighted by molar-refractivity contribution is -0.120. The van der Waals surface area contributed by atoms with Crippen LogP contribution in [0.1, 0.15) is 27.4 Å². The van der Waals surface area contributed by atoms with E-state index in [1.54, 1.807) is 11.3 Å². The SMILES string of the molecule is Cc1ccsc1CNC(=O)Cc1c(C)nn(-c2ccccc2)c1C. The molecular formula is C19H21N3OS. The minimum absolute atomic E-state index is 0.0293. The van der Waals surface area contributed by atoms with Crippen LogP contribution in [0.2, 0.25) is 0 Å². The van der Waals surface area contributed by atoms with Crippen molar-refractivity contribution in [2.45, 2.75) is 33.7 Å². The molecule has 0 aliphatic rings. The van der Waals surface area contributed by atoms with Crippen molar-refractivity contribution in [2.24, 2.45) is 0 Å². The Bertz CT molecular complexity index is 849. The average molecular weight is 339 g/mol. The molecule has 0 fully saturated rings. The van der Waals surface area contributed by atoms with Crippen LogP contribution in [0.3, 0.4) is 0 Å². The zero-order valence-electron chi connectivity index (χ0n) is 14.2. The lowest BCUT2D eigenvalue weighted by Crippen LogP contribution is -2.24. The maximum absolute atomic E-state index is 12.3. The highest BCUT2D eigenvalue weighted by Crippen LogP contribution is 2.19. The summed E-state index contributed by atoms with van der Waals surface area (Å²) in [5, 5.41) is 9.66. The Morgan fingerprint density at radius 2 is 1.92 bits per heavy atom. The third-order valence-corrected chi connectivity index (χ3v) is 5.22. The topological polar surface area (TPSA) is 46.9 Å². The fourth-order valence-corrected chi connectivity index (χ4v) is 3.58. The van der Waals surface area contributed by atoms with Crippen molar-refractivity contribution >= 4 is 17.2 Å². The van der Waals surface area contributed by atoms with Gasteiger partial charge in [0.05, 0.1) is 24.3 Å². The van der Waals surface area contributed by atoms with Gasteiger partial charge in [-0.1, -0.05) is 18.2 Å². The van der Waals surface area contributed by atoms with Crippen molar-refractivity contribution < 1.29 is 4.79 Å². The lowest BCUT2D eigenvalue weighted by atomic mass is 10.1. The van der Waals surface area contributed by atoms with Crippen molar-refractivity contribution in [3.05, 3.63) is 69.2 Å². The van der Waals surface area contributed by atoms with Crippen LogP contribution in [-0.4, -0.2) is 15.7 Å². The minimum Gasteiger partial charge on any atom is -0.351 e. The monoisotopic (exact) mass is 339 g/mol. The predicted octanol–water partition coefficient (Wildman–Crippen LogP) is 3.72. The van der Waals surface area contributed by atoms with Gasteiger partial charge in [0.2, 0.25) is 5.91 Å². The van der Waals surface area contributed by atoms with Crippen LogP contribution < -0.4 is 5.32 Å². The van der Waals surface area contributed by atoms with Crippen LogP contribution in [0.25, 0.3) is 5.69 Å². The van der Waals surface area contributed by atoms with Crippen molar-refractivity contribution in [1.82, 2.24) is 15.1 Å². The van der Waals surface area contributed by atoms with Gasteiger partial charge in [-0.05, 0) is 49.9 Å². The number of carbonyl (C=O) groups excluding carboxylic acids is 1. The second kappa shape index (κ2) is 7.01. The number of aryl methyl sites for hydroxylation is 2. The van der Waals surface area contributed by atoms with Gasteiger partial charge in [0, 0.05) is 16.1 Å². The van der Waals surface area contributed by atoms with Gasteiger partial charge in [0.25, 0.3) is 0 Å². The summed E-state index contributed by atoms with van der Waals surface area (Å²) in [6.07, 6.45) is 0.356. The largest absolute Gasteiger partial charge is 0.351 e. The Morgan fingerprint density at radius 1 is 1.17 bits per heavy atom. The molecule has 0 bridgehead atoms. The Kier molecular flexibility index (Phi) is 4.81. The maximum Gasteiger partial charge on any atom is 0.224 e. The lowest BCUT2D eigenvalue weighted by Gasteiger charge is -2.07. The van der Waals surface area contributed by atoms with E-state index in [9.17, 15) is 4.79 Å². The minimum atomic E-state index is 0.0293. The van der Waals surface area contributed by atoms with E-state index in [4.69, 9.17) is 0 Å². The van der Waals surface area contributed by atoms with E-state index in [0.29, 0.717) is 13.0 Å². The number of aromatic nitrogens is 2. The molecule has 0 aliphatic heterocycles. The van der Waals surface area contributed by atoms with Gasteiger partial charge in [-0.3, -0.25) is 4.79 Å². The standard InChI is InChI=1S/C19H21N3OS/c1-13-9-10-24-18(13)12-20-19(23)11-17-14(2)21-22(15(17)3)16-7-5-4-6-8-16/h4-10H,11-12H2,1-3H3,(H,20,23). The molecule has 0 spiro atoms. The van der Waals surface area contributed by atoms with E-state index in [1.165, 1.54) is 10.4 Å². The zero-order valence-corrected chi connectivity index (χ0v) is 15.0. The van der Waals surface area contributed by atoms with Gasteiger partial charge >= 0.3 is 0 Å². The number of hydrogen-bond acceptors (Lipinski definition) is 3. The molecule has 4 nitrogen and oxygen atoms in total. The molecule has 2 aromatic heterocycles. The number of nitrogens with one attached hydrogen (secondary N) is 1. The molecule has 1 amide bonds. The Balaban J connectivity index is 1.72. The van der Waals surface area contributed by atoms with Crippen LogP contribution in [-0.2, 0) is 17.8 Å². The first-order valence-corrected chi connectivity index (χ1v) is 8.84. The molecule has 2 heterocycles. The van der Waals surface area contributed by atoms with Crippen LogP contribution in [0.15, 0.2) is 41.8 Å². The molecule has 3 rings (SSSR count). The number of rotatable bonds is 5. The predicted molar refractivity (Wildman–Crippen MR) is 97.6 cm³/mol. The average Bonchev–Trinajstić information content (AvgIpc) is 3.11. The smallest absolute Gasteiger partial charge is 0.224 e. The molecule has 0 unspecified atom stereocenters. The molecule has 124 valence electrons. The second-order valence-electron chi connectivity index (χ2n) is 5.88. The highest BCUT2D eigenvalue weighted by molar-refractivity contribution is 7.10. The van der Waals surface area contributed by atoms with Gasteiger partial charge in [0.1, 0.15) is 0 Å². The van der Waals surface area contributed by atoms with Gasteiger partial charge in [0.15, 0.2) is 0 Å². The number of benzene rings is 1. The number of amides is 1. The van der Waals surface area contributed by atoms with E-state index < -0.39 is 0 Å². The van der Waals surface area contributed by atoms with Gasteiger partial charge in [-0.15, -0.1) is 11.3 Å². The Hall–Kier alpha value is -2.40. The summed E-state index contributed by atoms with van der Waals surface area (Å²) < 4.78 is 1.90. The quantitative estimate of drug-likeness (QED) is 0.770. The first-order chi connectivity index (χ1) is 11.6. The molecule has 0 radical (unpaired) electrons. The number of thiophene rings is 1. The molecule has 1 aromatic carbocycles. The Labute approximate surface area is 146 Å².